The van der Waals surface area contributed by atoms with Gasteiger partial charge in [0.15, 0.2) is 0 Å². The van der Waals surface area contributed by atoms with Crippen molar-refractivity contribution in [1.82, 2.24) is 4.31 Å². The number of rotatable bonds is 10. The molecule has 1 fully saturated rings. The first-order valence-corrected chi connectivity index (χ1v) is 15.2. The van der Waals surface area contributed by atoms with E-state index in [4.69, 9.17) is 9.88 Å². The zero-order valence-electron chi connectivity index (χ0n) is 22.1. The zero-order valence-corrected chi connectivity index (χ0v) is 23.7. The van der Waals surface area contributed by atoms with Gasteiger partial charge in [-0.05, 0) is 72.6 Å². The minimum absolute atomic E-state index is 0.102. The Labute approximate surface area is 237 Å². The van der Waals surface area contributed by atoms with Gasteiger partial charge in [0.2, 0.25) is 26.0 Å². The number of benzene rings is 3. The lowest BCUT2D eigenvalue weighted by molar-refractivity contribution is -0.122. The number of sulfonamides is 2. The van der Waals surface area contributed by atoms with E-state index in [-0.39, 0.29) is 34.0 Å². The van der Waals surface area contributed by atoms with Crippen molar-refractivity contribution in [2.45, 2.75) is 28.7 Å². The van der Waals surface area contributed by atoms with Crippen molar-refractivity contribution in [2.75, 3.05) is 25.7 Å². The second-order valence-corrected chi connectivity index (χ2v) is 12.5. The number of hydrogen-bond donors (Lipinski definition) is 1. The molecule has 0 radical (unpaired) electrons. The second-order valence-electron chi connectivity index (χ2n) is 9.06. The molecule has 1 aliphatic rings. The molecule has 1 unspecified atom stereocenters. The van der Waals surface area contributed by atoms with Gasteiger partial charge in [0, 0.05) is 6.54 Å². The third kappa shape index (κ3) is 6.30. The highest BCUT2D eigenvalue weighted by atomic mass is 32.2. The summed E-state index contributed by atoms with van der Waals surface area (Å²) in [6, 6.07) is 15.5. The number of esters is 1. The highest BCUT2D eigenvalue weighted by molar-refractivity contribution is 7.89. The van der Waals surface area contributed by atoms with E-state index in [1.165, 1.54) is 87.0 Å². The molecule has 2 N–H and O–H groups in total. The molecule has 1 saturated heterocycles. The zero-order chi connectivity index (χ0) is 29.9. The van der Waals surface area contributed by atoms with Crippen LogP contribution in [0.25, 0.3) is 0 Å². The number of methoxy groups -OCH3 is 2. The molecule has 1 aliphatic heterocycles. The van der Waals surface area contributed by atoms with Gasteiger partial charge in [-0.15, -0.1) is 0 Å². The average Bonchev–Trinajstić information content (AvgIpc) is 3.25. The van der Waals surface area contributed by atoms with Crippen molar-refractivity contribution in [3.63, 3.8) is 0 Å². The Bertz CT molecular complexity index is 1670. The Morgan fingerprint density at radius 2 is 1.49 bits per heavy atom. The summed E-state index contributed by atoms with van der Waals surface area (Å²) >= 11 is 0. The van der Waals surface area contributed by atoms with Gasteiger partial charge in [0.1, 0.15) is 11.8 Å². The summed E-state index contributed by atoms with van der Waals surface area (Å²) in [7, 11) is -5.55. The van der Waals surface area contributed by atoms with Gasteiger partial charge in [0.25, 0.3) is 5.91 Å². The lowest BCUT2D eigenvalue weighted by Crippen LogP contribution is -2.46. The summed E-state index contributed by atoms with van der Waals surface area (Å²) in [5, 5.41) is 5.15. The minimum Gasteiger partial charge on any atom is -0.497 e. The summed E-state index contributed by atoms with van der Waals surface area (Å²) in [6.45, 7) is -0.193. The van der Waals surface area contributed by atoms with Gasteiger partial charge in [-0.1, -0.05) is 12.1 Å². The van der Waals surface area contributed by atoms with E-state index in [2.05, 4.69) is 4.74 Å². The number of nitrogens with two attached hydrogens (primary N) is 1. The molecule has 3 aromatic carbocycles. The summed E-state index contributed by atoms with van der Waals surface area (Å²) in [4.78, 5) is 39.1. The molecule has 14 heteroatoms. The van der Waals surface area contributed by atoms with E-state index < -0.39 is 50.3 Å². The van der Waals surface area contributed by atoms with Crippen molar-refractivity contribution in [2.24, 2.45) is 5.14 Å². The van der Waals surface area contributed by atoms with Crippen molar-refractivity contribution in [3.8, 4) is 5.75 Å². The minimum atomic E-state index is -4.29. The number of nitrogens with zero attached hydrogens (tertiary/aromatic N) is 2. The first kappa shape index (κ1) is 29.9. The quantitative estimate of drug-likeness (QED) is 0.268. The maximum Gasteiger partial charge on any atom is 0.337 e. The molecule has 0 saturated carbocycles. The average molecular weight is 602 g/mol. The lowest BCUT2D eigenvalue weighted by Gasteiger charge is -2.27. The van der Waals surface area contributed by atoms with Gasteiger partial charge < -0.3 is 9.47 Å². The van der Waals surface area contributed by atoms with Crippen LogP contribution in [0.15, 0.2) is 82.6 Å². The third-order valence-electron chi connectivity index (χ3n) is 6.56. The van der Waals surface area contributed by atoms with Crippen molar-refractivity contribution in [1.29, 1.82) is 0 Å². The topological polar surface area (TPSA) is 170 Å². The fourth-order valence-corrected chi connectivity index (χ4v) is 6.49. The molecule has 1 atom stereocenters. The number of imide groups is 1. The van der Waals surface area contributed by atoms with Crippen molar-refractivity contribution < 1.29 is 40.7 Å². The molecule has 1 heterocycles. The fraction of sp³-hybridized carbons (Fsp3) is 0.222. The van der Waals surface area contributed by atoms with E-state index in [9.17, 15) is 31.2 Å². The van der Waals surface area contributed by atoms with E-state index >= 15 is 0 Å². The molecule has 41 heavy (non-hydrogen) atoms. The fourth-order valence-electron chi connectivity index (χ4n) is 4.39. The summed E-state index contributed by atoms with van der Waals surface area (Å²) < 4.78 is 61.6. The van der Waals surface area contributed by atoms with E-state index in [1.54, 1.807) is 0 Å². The molecule has 4 rings (SSSR count). The first-order chi connectivity index (χ1) is 19.4. The van der Waals surface area contributed by atoms with Gasteiger partial charge in [-0.2, -0.15) is 4.31 Å². The maximum atomic E-state index is 13.8. The largest absolute Gasteiger partial charge is 0.497 e. The molecule has 216 valence electrons. The number of carbonyl (C=O) groups is 3. The molecule has 3 aromatic rings. The second kappa shape index (κ2) is 11.8. The first-order valence-electron chi connectivity index (χ1n) is 12.2. The Morgan fingerprint density at radius 3 is 2.02 bits per heavy atom. The molecule has 0 aromatic heterocycles. The maximum absolute atomic E-state index is 13.8. The predicted octanol–water partition coefficient (Wildman–Crippen LogP) is 1.69. The highest BCUT2D eigenvalue weighted by Crippen LogP contribution is 2.30. The smallest absolute Gasteiger partial charge is 0.337 e. The standard InChI is InChI=1S/C27H27N3O9S2/c1-38-21-9-13-23(14-10-21)41(36,37)29(16-15-18-3-11-22(12-4-18)40(28,34)35)24-17-25(31)30(26(24)32)20-7-5-19(6-8-20)27(33)39-2/h3-14,24H,15-17H2,1-2H3,(H2,28,34,35). The highest BCUT2D eigenvalue weighted by Gasteiger charge is 2.46. The Kier molecular flexibility index (Phi) is 8.58. The van der Waals surface area contributed by atoms with Crippen LogP contribution in [0.1, 0.15) is 22.3 Å². The molecule has 0 bridgehead atoms. The van der Waals surface area contributed by atoms with Crippen LogP contribution < -0.4 is 14.8 Å². The predicted molar refractivity (Wildman–Crippen MR) is 147 cm³/mol. The number of anilines is 1. The Hall–Kier alpha value is -4.11. The number of amides is 2. The molecule has 2 amide bonds. The normalized spacial score (nSPS) is 15.8. The molecule has 12 nitrogen and oxygen atoms in total. The summed E-state index contributed by atoms with van der Waals surface area (Å²) in [5.74, 6) is -1.53. The Morgan fingerprint density at radius 1 is 0.902 bits per heavy atom. The number of primary sulfonamides is 1. The van der Waals surface area contributed by atoms with Crippen LogP contribution in [0.5, 0.6) is 5.75 Å². The van der Waals surface area contributed by atoms with E-state index in [0.29, 0.717) is 11.3 Å². The van der Waals surface area contributed by atoms with Crippen LogP contribution in [0, 0.1) is 0 Å². The van der Waals surface area contributed by atoms with E-state index in [0.717, 1.165) is 9.21 Å². The summed E-state index contributed by atoms with van der Waals surface area (Å²) in [6.07, 6.45) is -0.302. The number of ether oxygens (including phenoxy) is 2. The van der Waals surface area contributed by atoms with Crippen LogP contribution >= 0.6 is 0 Å². The summed E-state index contributed by atoms with van der Waals surface area (Å²) in [5.41, 5.74) is 0.971. The molecular weight excluding hydrogens is 574 g/mol. The van der Waals surface area contributed by atoms with Crippen LogP contribution in [0.3, 0.4) is 0 Å². The van der Waals surface area contributed by atoms with Crippen LogP contribution in [0.4, 0.5) is 5.69 Å². The van der Waals surface area contributed by atoms with Crippen LogP contribution in [-0.2, 0) is 40.8 Å². The van der Waals surface area contributed by atoms with Gasteiger partial charge in [-0.25, -0.2) is 31.7 Å². The number of hydrogen-bond acceptors (Lipinski definition) is 9. The van der Waals surface area contributed by atoms with Crippen molar-refractivity contribution in [3.05, 3.63) is 83.9 Å². The SMILES string of the molecule is COC(=O)c1ccc(N2C(=O)CC(N(CCc3ccc(S(N)(=O)=O)cc3)S(=O)(=O)c3ccc(OC)cc3)C2=O)cc1. The van der Waals surface area contributed by atoms with Crippen molar-refractivity contribution >= 4 is 43.5 Å². The molecular formula is C27H27N3O9S2. The van der Waals surface area contributed by atoms with E-state index in [1.807, 2.05) is 0 Å². The van der Waals surface area contributed by atoms with Gasteiger partial charge >= 0.3 is 5.97 Å². The van der Waals surface area contributed by atoms with Crippen LogP contribution in [-0.4, -0.2) is 65.7 Å². The molecule has 0 aliphatic carbocycles. The molecule has 0 spiro atoms. The Balaban J connectivity index is 1.67. The van der Waals surface area contributed by atoms with Crippen LogP contribution in [0.2, 0.25) is 0 Å². The van der Waals surface area contributed by atoms with Gasteiger partial charge in [-0.3, -0.25) is 9.59 Å². The monoisotopic (exact) mass is 601 g/mol. The lowest BCUT2D eigenvalue weighted by atomic mass is 10.1. The number of carbonyl (C=O) groups excluding carboxylic acids is 3. The van der Waals surface area contributed by atoms with Gasteiger partial charge in [0.05, 0.1) is 41.7 Å². The third-order valence-corrected chi connectivity index (χ3v) is 9.41.